The summed E-state index contributed by atoms with van der Waals surface area (Å²) in [5, 5.41) is 10.3. The quantitative estimate of drug-likeness (QED) is 0.378. The number of hydrogen-bond acceptors (Lipinski definition) is 10. The summed E-state index contributed by atoms with van der Waals surface area (Å²) in [4.78, 5) is 13.3. The van der Waals surface area contributed by atoms with Gasteiger partial charge in [-0.3, -0.25) is 4.79 Å². The molecule has 5 rings (SSSR count). The Morgan fingerprint density at radius 3 is 2.17 bits per heavy atom. The fourth-order valence-electron chi connectivity index (χ4n) is 5.06. The van der Waals surface area contributed by atoms with Crippen molar-refractivity contribution in [2.75, 3.05) is 19.8 Å². The average molecular weight is 678 g/mol. The molecule has 1 atom stereocenters. The number of nitrogens with two attached hydrogens (primary N) is 1. The Kier molecular flexibility index (Phi) is 8.38. The van der Waals surface area contributed by atoms with E-state index in [0.29, 0.717) is 16.7 Å². The highest BCUT2D eigenvalue weighted by Gasteiger charge is 2.44. The molecule has 0 amide bonds. The Labute approximate surface area is 263 Å². The Bertz CT molecular complexity index is 2010. The summed E-state index contributed by atoms with van der Waals surface area (Å²) in [7, 11) is -5.17. The van der Waals surface area contributed by atoms with Gasteiger partial charge in [0, 0.05) is 20.3 Å². The van der Waals surface area contributed by atoms with Gasteiger partial charge in [0.05, 0.1) is 28.5 Å². The predicted molar refractivity (Wildman–Crippen MR) is 164 cm³/mol. The molecule has 16 heteroatoms. The van der Waals surface area contributed by atoms with E-state index in [1.807, 2.05) is 0 Å². The summed E-state index contributed by atoms with van der Waals surface area (Å²) in [5.74, 6) is -1.53. The van der Waals surface area contributed by atoms with E-state index in [4.69, 9.17) is 10.2 Å². The van der Waals surface area contributed by atoms with Gasteiger partial charge in [0.15, 0.2) is 20.4 Å². The van der Waals surface area contributed by atoms with Crippen LogP contribution in [0.1, 0.15) is 36.8 Å². The van der Waals surface area contributed by atoms with Gasteiger partial charge >= 0.3 is 6.18 Å². The molecule has 46 heavy (non-hydrogen) atoms. The number of carbonyl (C=O) groups is 1. The summed E-state index contributed by atoms with van der Waals surface area (Å²) in [6.45, 7) is 2.81. The maximum Gasteiger partial charge on any atom is 0.416 e. The van der Waals surface area contributed by atoms with Crippen LogP contribution in [0.3, 0.4) is 0 Å². The smallest absolute Gasteiger partial charge is 0.416 e. The molecule has 0 saturated carbocycles. The third kappa shape index (κ3) is 6.04. The van der Waals surface area contributed by atoms with E-state index in [0.717, 1.165) is 16.4 Å². The number of halogens is 3. The zero-order chi connectivity index (χ0) is 33.8. The van der Waals surface area contributed by atoms with Crippen molar-refractivity contribution in [3.8, 4) is 11.1 Å². The van der Waals surface area contributed by atoms with Crippen LogP contribution >= 0.6 is 0 Å². The van der Waals surface area contributed by atoms with Gasteiger partial charge in [-0.05, 0) is 60.7 Å². The molecule has 0 radical (unpaired) electrons. The first kappa shape index (κ1) is 33.2. The molecule has 0 saturated heterocycles. The fraction of sp³-hybridized carbons (Fsp3) is 0.300. The van der Waals surface area contributed by atoms with Crippen molar-refractivity contribution < 1.29 is 39.2 Å². The molecule has 2 aromatic carbocycles. The molecule has 1 aromatic heterocycles. The van der Waals surface area contributed by atoms with E-state index in [1.54, 1.807) is 24.3 Å². The van der Waals surface area contributed by atoms with E-state index in [-0.39, 0.29) is 40.0 Å². The molecule has 3 heterocycles. The third-order valence-corrected chi connectivity index (χ3v) is 11.9. The van der Waals surface area contributed by atoms with Gasteiger partial charge in [0.1, 0.15) is 5.03 Å². The van der Waals surface area contributed by atoms with Crippen LogP contribution in [0, 0.1) is 0 Å². The van der Waals surface area contributed by atoms with Crippen LogP contribution in [0.5, 0.6) is 0 Å². The minimum atomic E-state index is -4.46. The first-order valence-corrected chi connectivity index (χ1v) is 16.9. The second-order valence-electron chi connectivity index (χ2n) is 11.5. The van der Waals surface area contributed by atoms with Crippen LogP contribution in [-0.2, 0) is 42.0 Å². The molecule has 2 aliphatic heterocycles. The van der Waals surface area contributed by atoms with Crippen molar-refractivity contribution >= 4 is 31.2 Å². The molecule has 0 unspecified atom stereocenters. The first-order chi connectivity index (χ1) is 21.3. The number of nitrogens with zero attached hydrogens (tertiary/aromatic N) is 3. The SMILES string of the molecule is CN(C)S(=O)(=O)C(C)(C)c1nnc(C2=CNC3=C(C(=O)[C@@H](N)CS3(=O)=O)C(Cc3ccc(-c4ccc(C(F)(F)F)cc4)cc3)=C2)o1. The van der Waals surface area contributed by atoms with Crippen LogP contribution in [0.4, 0.5) is 13.2 Å². The standard InChI is InChI=1S/C30H30F3N5O6S2/c1-29(2,46(42,43)38(3)4)28-37-36-26(44-28)21-14-20(24-25(39)23(34)16-45(40,41)27(24)35-15-21)13-17-5-7-18(8-6-17)19-9-11-22(12-10-19)30(31,32)33/h5-12,14-15,23,35H,13,16,34H2,1-4H3/t23-/m0/s1. The molecular weight excluding hydrogens is 647 g/mol. The van der Waals surface area contributed by atoms with E-state index < -0.39 is 53.9 Å². The monoisotopic (exact) mass is 677 g/mol. The van der Waals surface area contributed by atoms with E-state index in [1.165, 1.54) is 52.4 Å². The van der Waals surface area contributed by atoms with Gasteiger partial charge in [0.25, 0.3) is 0 Å². The Morgan fingerprint density at radius 1 is 1.02 bits per heavy atom. The summed E-state index contributed by atoms with van der Waals surface area (Å²) in [6, 6.07) is 10.2. The Balaban J connectivity index is 1.54. The largest absolute Gasteiger partial charge is 0.419 e. The number of aromatic nitrogens is 2. The molecular formula is C30H30F3N5O6S2. The number of benzene rings is 2. The molecule has 0 fully saturated rings. The lowest BCUT2D eigenvalue weighted by atomic mass is 9.91. The highest BCUT2D eigenvalue weighted by Crippen LogP contribution is 2.36. The van der Waals surface area contributed by atoms with Gasteiger partial charge < -0.3 is 15.5 Å². The van der Waals surface area contributed by atoms with Gasteiger partial charge in [-0.25, -0.2) is 21.1 Å². The minimum absolute atomic E-state index is 0.0423. The number of Topliss-reactive ketones (excluding diaryl/α,β-unsaturated/α-hetero) is 1. The Hall–Kier alpha value is -4.12. The number of alkyl halides is 3. The molecule has 0 aliphatic carbocycles. The lowest BCUT2D eigenvalue weighted by molar-refractivity contribution is -0.137. The number of nitrogens with one attached hydrogen (secondary N) is 1. The van der Waals surface area contributed by atoms with Crippen molar-refractivity contribution in [3.63, 3.8) is 0 Å². The van der Waals surface area contributed by atoms with Crippen LogP contribution in [-0.4, -0.2) is 63.0 Å². The van der Waals surface area contributed by atoms with Crippen LogP contribution in [0.15, 0.2) is 81.4 Å². The molecule has 11 nitrogen and oxygen atoms in total. The summed E-state index contributed by atoms with van der Waals surface area (Å²) in [6.07, 6.45) is -1.64. The number of sulfone groups is 1. The molecule has 3 aromatic rings. The lowest BCUT2D eigenvalue weighted by Gasteiger charge is -2.24. The van der Waals surface area contributed by atoms with Gasteiger partial charge in [0.2, 0.25) is 21.8 Å². The average Bonchev–Trinajstić information content (AvgIpc) is 3.40. The van der Waals surface area contributed by atoms with E-state index >= 15 is 0 Å². The highest BCUT2D eigenvalue weighted by atomic mass is 32.2. The summed E-state index contributed by atoms with van der Waals surface area (Å²) >= 11 is 0. The van der Waals surface area contributed by atoms with Gasteiger partial charge in [-0.2, -0.15) is 13.2 Å². The molecule has 244 valence electrons. The lowest BCUT2D eigenvalue weighted by Crippen LogP contribution is -2.45. The van der Waals surface area contributed by atoms with E-state index in [2.05, 4.69) is 15.5 Å². The topological polar surface area (TPSA) is 166 Å². The minimum Gasteiger partial charge on any atom is -0.419 e. The van der Waals surface area contributed by atoms with Crippen molar-refractivity contribution in [1.29, 1.82) is 0 Å². The predicted octanol–water partition coefficient (Wildman–Crippen LogP) is 3.53. The number of hydrogen-bond donors (Lipinski definition) is 2. The number of ketones is 1. The van der Waals surface area contributed by atoms with Crippen molar-refractivity contribution in [2.45, 2.75) is 37.2 Å². The molecule has 0 spiro atoms. The normalized spacial score (nSPS) is 18.9. The molecule has 3 N–H and O–H groups in total. The van der Waals surface area contributed by atoms with Crippen LogP contribution in [0.25, 0.3) is 16.7 Å². The number of rotatable bonds is 7. The first-order valence-electron chi connectivity index (χ1n) is 13.8. The summed E-state index contributed by atoms with van der Waals surface area (Å²) < 4.78 is 96.3. The maximum atomic E-state index is 13.3. The van der Waals surface area contributed by atoms with Gasteiger partial charge in [-0.15, -0.1) is 10.2 Å². The zero-order valence-corrected chi connectivity index (χ0v) is 26.7. The van der Waals surface area contributed by atoms with Crippen LogP contribution in [0.2, 0.25) is 0 Å². The van der Waals surface area contributed by atoms with Crippen LogP contribution < -0.4 is 11.1 Å². The second kappa shape index (κ2) is 11.6. The van der Waals surface area contributed by atoms with Gasteiger partial charge in [-0.1, -0.05) is 36.4 Å². The number of allylic oxidation sites excluding steroid dienone is 3. The summed E-state index contributed by atoms with van der Waals surface area (Å²) in [5.41, 5.74) is 7.32. The van der Waals surface area contributed by atoms with E-state index in [9.17, 15) is 34.8 Å². The van der Waals surface area contributed by atoms with Crippen molar-refractivity contribution in [2.24, 2.45) is 5.73 Å². The van der Waals surface area contributed by atoms with Crippen molar-refractivity contribution in [3.05, 3.63) is 99.9 Å². The highest BCUT2D eigenvalue weighted by molar-refractivity contribution is 7.95. The third-order valence-electron chi connectivity index (χ3n) is 7.74. The second-order valence-corrected chi connectivity index (χ2v) is 16.2. The van der Waals surface area contributed by atoms with Crippen molar-refractivity contribution in [1.82, 2.24) is 19.8 Å². The zero-order valence-electron chi connectivity index (χ0n) is 25.1. The molecule has 0 bridgehead atoms. The Morgan fingerprint density at radius 2 is 1.61 bits per heavy atom. The molecule has 2 aliphatic rings. The number of sulfonamides is 1. The number of carbonyl (C=O) groups excluding carboxylic acids is 1. The maximum absolute atomic E-state index is 13.3. The fourth-order valence-corrected chi connectivity index (χ4v) is 7.85.